The predicted molar refractivity (Wildman–Crippen MR) is 230 cm³/mol. The Kier molecular flexibility index (Phi) is 14.6. The number of anilines is 2. The van der Waals surface area contributed by atoms with E-state index in [1.807, 2.05) is 0 Å². The van der Waals surface area contributed by atoms with Crippen LogP contribution in [0.5, 0.6) is 23.0 Å². The number of halogens is 1. The fourth-order valence-corrected chi connectivity index (χ4v) is 7.89. The van der Waals surface area contributed by atoms with Gasteiger partial charge in [0.25, 0.3) is 17.6 Å². The van der Waals surface area contributed by atoms with Crippen LogP contribution in [0.15, 0.2) is 70.9 Å². The summed E-state index contributed by atoms with van der Waals surface area (Å²) in [5.74, 6) is -8.47. The minimum atomic E-state index is -2.05. The van der Waals surface area contributed by atoms with Gasteiger partial charge in [-0.05, 0) is 44.2 Å². The molecule has 16 heteroatoms. The fourth-order valence-electron chi connectivity index (χ4n) is 7.62. The van der Waals surface area contributed by atoms with Crippen LogP contribution in [0.4, 0.5) is 11.4 Å². The van der Waals surface area contributed by atoms with Gasteiger partial charge in [-0.15, -0.1) is 0 Å². The summed E-state index contributed by atoms with van der Waals surface area (Å²) >= 11 is 3.35. The Morgan fingerprint density at radius 2 is 1.62 bits per heavy atom. The number of phenolic OH excluding ortho intramolecular Hbond substituents is 2. The van der Waals surface area contributed by atoms with Gasteiger partial charge in [0.2, 0.25) is 0 Å². The molecule has 0 spiro atoms. The number of esters is 1. The van der Waals surface area contributed by atoms with Crippen molar-refractivity contribution in [2.24, 2.45) is 23.7 Å². The summed E-state index contributed by atoms with van der Waals surface area (Å²) in [5.41, 5.74) is 0.373. The van der Waals surface area contributed by atoms with Gasteiger partial charge in [0.15, 0.2) is 12.4 Å². The monoisotopic (exact) mass is 908 g/mol. The van der Waals surface area contributed by atoms with Crippen molar-refractivity contribution >= 4 is 61.6 Å². The van der Waals surface area contributed by atoms with Crippen LogP contribution in [-0.4, -0.2) is 87.9 Å². The second-order valence-corrected chi connectivity index (χ2v) is 16.7. The molecule has 6 N–H and O–H groups in total. The van der Waals surface area contributed by atoms with E-state index in [0.29, 0.717) is 5.69 Å². The maximum atomic E-state index is 14.5. The Balaban J connectivity index is 1.65. The highest BCUT2D eigenvalue weighted by molar-refractivity contribution is 9.10. The number of amides is 2. The topological polar surface area (TPSA) is 219 Å². The van der Waals surface area contributed by atoms with Crippen molar-refractivity contribution < 1.29 is 63.3 Å². The summed E-state index contributed by atoms with van der Waals surface area (Å²) in [4.78, 5) is 53.6. The van der Waals surface area contributed by atoms with Crippen LogP contribution >= 0.6 is 15.9 Å². The molecule has 3 aliphatic heterocycles. The average molecular weight is 910 g/mol. The van der Waals surface area contributed by atoms with E-state index < -0.39 is 95.5 Å². The van der Waals surface area contributed by atoms with Gasteiger partial charge in [0.05, 0.1) is 41.2 Å². The maximum absolute atomic E-state index is 14.5. The number of aliphatic hydroxyl groups is 2. The van der Waals surface area contributed by atoms with E-state index in [9.17, 15) is 39.6 Å². The van der Waals surface area contributed by atoms with Crippen molar-refractivity contribution in [1.29, 1.82) is 0 Å². The van der Waals surface area contributed by atoms with Crippen molar-refractivity contribution in [1.82, 2.24) is 0 Å². The number of allylic oxidation sites excluding steroid dienone is 2. The van der Waals surface area contributed by atoms with Crippen LogP contribution in [0.2, 0.25) is 0 Å². The highest BCUT2D eigenvalue weighted by Gasteiger charge is 2.49. The Labute approximate surface area is 362 Å². The van der Waals surface area contributed by atoms with E-state index in [1.54, 1.807) is 64.1 Å². The van der Waals surface area contributed by atoms with E-state index in [2.05, 4.69) is 26.6 Å². The molecule has 15 nitrogen and oxygen atoms in total. The highest BCUT2D eigenvalue weighted by atomic mass is 79.9. The lowest BCUT2D eigenvalue weighted by Crippen LogP contribution is -2.46. The largest absolute Gasteiger partial charge is 0.507 e. The maximum Gasteiger partial charge on any atom is 0.312 e. The van der Waals surface area contributed by atoms with Crippen LogP contribution in [0, 0.1) is 30.6 Å². The van der Waals surface area contributed by atoms with Crippen molar-refractivity contribution in [3.05, 3.63) is 82.1 Å². The fraction of sp³-hybridized carbons (Fsp3) is 0.422. The van der Waals surface area contributed by atoms with Crippen LogP contribution in [0.1, 0.15) is 64.4 Å². The lowest BCUT2D eigenvalue weighted by atomic mass is 9.78. The van der Waals surface area contributed by atoms with Gasteiger partial charge in [-0.25, -0.2) is 0 Å². The number of carbonyl (C=O) groups is 4. The number of hydrogen-bond donors (Lipinski definition) is 6. The number of aliphatic hydroxyl groups excluding tert-OH is 2. The molecule has 2 amide bonds. The van der Waals surface area contributed by atoms with Crippen LogP contribution in [0.25, 0.3) is 10.8 Å². The third-order valence-electron chi connectivity index (χ3n) is 11.3. The minimum Gasteiger partial charge on any atom is -0.507 e. The first-order chi connectivity index (χ1) is 28.7. The quantitative estimate of drug-likeness (QED) is 0.111. The smallest absolute Gasteiger partial charge is 0.312 e. The summed E-state index contributed by atoms with van der Waals surface area (Å²) in [7, 11) is 1.43. The number of hydrogen-bond acceptors (Lipinski definition) is 13. The molecule has 0 aromatic heterocycles. The first-order valence-electron chi connectivity index (χ1n) is 19.7. The molecule has 5 bridgehead atoms. The number of methoxy groups -OCH3 is 1. The van der Waals surface area contributed by atoms with Crippen molar-refractivity contribution in [2.75, 3.05) is 24.4 Å². The van der Waals surface area contributed by atoms with Gasteiger partial charge >= 0.3 is 11.8 Å². The van der Waals surface area contributed by atoms with Gasteiger partial charge < -0.3 is 54.7 Å². The van der Waals surface area contributed by atoms with Gasteiger partial charge in [0, 0.05) is 77.4 Å². The van der Waals surface area contributed by atoms with E-state index in [4.69, 9.17) is 23.7 Å². The Morgan fingerprint density at radius 3 is 2.26 bits per heavy atom. The van der Waals surface area contributed by atoms with E-state index >= 15 is 0 Å². The third-order valence-corrected chi connectivity index (χ3v) is 11.8. The first-order valence-corrected chi connectivity index (χ1v) is 20.5. The van der Waals surface area contributed by atoms with Crippen molar-refractivity contribution in [3.63, 3.8) is 0 Å². The molecule has 0 aliphatic carbocycles. The molecule has 0 saturated carbocycles. The molecule has 61 heavy (non-hydrogen) atoms. The Hall–Kier alpha value is -5.42. The molecular formula is C45H53BrN2O13. The number of nitrogens with one attached hydrogen (secondary N) is 2. The second-order valence-electron chi connectivity index (χ2n) is 15.7. The molecule has 0 unspecified atom stereocenters. The average Bonchev–Trinajstić information content (AvgIpc) is 3.48. The number of ether oxygens (including phenoxy) is 5. The molecule has 0 radical (unpaired) electrons. The molecule has 9 atom stereocenters. The highest BCUT2D eigenvalue weighted by Crippen LogP contribution is 2.54. The summed E-state index contributed by atoms with van der Waals surface area (Å²) in [5, 5.41) is 51.1. The molecule has 3 aromatic carbocycles. The van der Waals surface area contributed by atoms with E-state index in [0.717, 1.165) is 4.47 Å². The van der Waals surface area contributed by atoms with Gasteiger partial charge in [0.1, 0.15) is 23.4 Å². The Morgan fingerprint density at radius 1 is 0.951 bits per heavy atom. The van der Waals surface area contributed by atoms with Crippen LogP contribution in [0.3, 0.4) is 0 Å². The minimum absolute atomic E-state index is 0.0577. The zero-order chi connectivity index (χ0) is 45.1. The zero-order valence-corrected chi connectivity index (χ0v) is 37.0. The first kappa shape index (κ1) is 46.6. The number of carbonyl (C=O) groups excluding carboxylic acids is 4. The number of Topliss-reactive ketones (excluding diaryl/α,β-unsaturated/α-hetero) is 1. The predicted octanol–water partition coefficient (Wildman–Crippen LogP) is 6.83. The third kappa shape index (κ3) is 9.88. The van der Waals surface area contributed by atoms with Crippen LogP contribution < -0.4 is 20.1 Å². The van der Waals surface area contributed by atoms with Gasteiger partial charge in [-0.3, -0.25) is 19.2 Å². The standard InChI is InChI=1S/C45H53BrN2O13/c1-21-11-10-12-22(2)44(56)48-30-19-32(58-20-33(50)47-29-15-13-28(46)14-16-29)34-35(40(30)54)39(53)26(6)42-36(34)43(55)45(8,61-42)59-18-17-31(57-9)23(3)41(60-27(7)49)25(5)38(52)24(4)37(21)51/h10-19,21,23-25,31,37-38,41,51-54H,20H2,1-9H3,(H,47,50)(H,48,56)/b11-10+,18-17+,22-12-/t21-,23+,24+,25+,31-,37-,38+,41+,45-/m0/s1. The lowest BCUT2D eigenvalue weighted by molar-refractivity contribution is -0.160. The summed E-state index contributed by atoms with van der Waals surface area (Å²) in [6, 6.07) is 8.06. The molecule has 3 aromatic rings. The van der Waals surface area contributed by atoms with E-state index in [-0.39, 0.29) is 44.7 Å². The molecular weight excluding hydrogens is 856 g/mol. The molecule has 0 saturated heterocycles. The number of phenols is 2. The molecule has 6 rings (SSSR count). The number of aromatic hydroxyl groups is 2. The number of ketones is 1. The zero-order valence-electron chi connectivity index (χ0n) is 35.4. The van der Waals surface area contributed by atoms with Crippen LogP contribution in [-0.2, 0) is 28.6 Å². The molecule has 328 valence electrons. The molecule has 3 aliphatic rings. The number of benzene rings is 3. The molecule has 0 fully saturated rings. The Bertz CT molecular complexity index is 2270. The van der Waals surface area contributed by atoms with Gasteiger partial charge in [-0.1, -0.05) is 61.9 Å². The molecule has 3 heterocycles. The number of rotatable bonds is 6. The van der Waals surface area contributed by atoms with E-state index in [1.165, 1.54) is 59.3 Å². The second kappa shape index (κ2) is 19.1. The number of fused-ring (bicyclic) bond motifs is 14. The van der Waals surface area contributed by atoms with Gasteiger partial charge in [-0.2, -0.15) is 0 Å². The summed E-state index contributed by atoms with van der Waals surface area (Å²) < 4.78 is 30.5. The van der Waals surface area contributed by atoms with Crippen molar-refractivity contribution in [3.8, 4) is 23.0 Å². The summed E-state index contributed by atoms with van der Waals surface area (Å²) in [6.07, 6.45) is 3.51. The SMILES string of the molecule is CO[C@H]1/C=C/O[C@@]2(C)Oc3c(C)c(O)c4c(O)c(cc(OCC(=O)Nc5ccc(Br)cc5)c4c3C2=O)NC(=O)/C(C)=C\C=C\[C@H](C)[C@H](O)[C@@H](C)[C@@H](O)[C@@H](C)[C@H](OC(C)=O)[C@@H]1C. The normalized spacial score (nSPS) is 29.1. The summed E-state index contributed by atoms with van der Waals surface area (Å²) in [6.45, 7) is 11.9. The lowest BCUT2D eigenvalue weighted by Gasteiger charge is -2.38. The van der Waals surface area contributed by atoms with Crippen molar-refractivity contribution in [2.45, 2.75) is 85.6 Å².